The van der Waals surface area contributed by atoms with Crippen LogP contribution in [0.1, 0.15) is 72.1 Å². The van der Waals surface area contributed by atoms with Crippen LogP contribution in [0.2, 0.25) is 0 Å². The normalized spacial score (nSPS) is 26.2. The van der Waals surface area contributed by atoms with Crippen LogP contribution < -0.4 is 0 Å². The molecule has 0 amide bonds. The Morgan fingerprint density at radius 1 is 1.06 bits per heavy atom. The Morgan fingerprint density at radius 3 is 2.25 bits per heavy atom. The van der Waals surface area contributed by atoms with Crippen molar-refractivity contribution in [1.29, 1.82) is 0 Å². The van der Waals surface area contributed by atoms with E-state index in [2.05, 4.69) is 20.8 Å². The van der Waals surface area contributed by atoms with E-state index in [0.29, 0.717) is 6.10 Å². The predicted molar refractivity (Wildman–Crippen MR) is 70.7 cm³/mol. The molecule has 1 heteroatoms. The summed E-state index contributed by atoms with van der Waals surface area (Å²) >= 11 is 0. The highest BCUT2D eigenvalue weighted by Crippen LogP contribution is 2.30. The number of ether oxygens (including phenoxy) is 1. The number of hydrogen-bond acceptors (Lipinski definition) is 1. The Balaban J connectivity index is 2.23. The lowest BCUT2D eigenvalue weighted by atomic mass is 9.81. The number of rotatable bonds is 7. The van der Waals surface area contributed by atoms with Gasteiger partial charge < -0.3 is 4.74 Å². The van der Waals surface area contributed by atoms with Crippen molar-refractivity contribution in [3.63, 3.8) is 0 Å². The molecule has 1 nitrogen and oxygen atoms in total. The minimum Gasteiger partial charge on any atom is -0.378 e. The largest absolute Gasteiger partial charge is 0.378 e. The lowest BCUT2D eigenvalue weighted by Crippen LogP contribution is -2.25. The molecule has 96 valence electrons. The van der Waals surface area contributed by atoms with E-state index in [1.807, 2.05) is 0 Å². The summed E-state index contributed by atoms with van der Waals surface area (Å²) in [4.78, 5) is 0. The molecule has 1 fully saturated rings. The van der Waals surface area contributed by atoms with E-state index < -0.39 is 0 Å². The van der Waals surface area contributed by atoms with Crippen molar-refractivity contribution >= 4 is 0 Å². The molecule has 0 aromatic heterocycles. The molecule has 16 heavy (non-hydrogen) atoms. The van der Waals surface area contributed by atoms with E-state index in [1.54, 1.807) is 0 Å². The second-order valence-corrected chi connectivity index (χ2v) is 5.55. The van der Waals surface area contributed by atoms with Gasteiger partial charge in [0, 0.05) is 0 Å². The van der Waals surface area contributed by atoms with Gasteiger partial charge in [-0.05, 0) is 31.1 Å². The molecular formula is C15H30O. The Labute approximate surface area is 102 Å². The number of hydrogen-bond donors (Lipinski definition) is 0. The summed E-state index contributed by atoms with van der Waals surface area (Å²) in [5, 5.41) is 0. The van der Waals surface area contributed by atoms with E-state index in [1.165, 1.54) is 51.4 Å². The maximum atomic E-state index is 6.13. The smallest absolute Gasteiger partial charge is 0.0575 e. The zero-order valence-corrected chi connectivity index (χ0v) is 11.5. The van der Waals surface area contributed by atoms with Crippen LogP contribution >= 0.6 is 0 Å². The van der Waals surface area contributed by atoms with Crippen molar-refractivity contribution < 1.29 is 4.74 Å². The zero-order chi connectivity index (χ0) is 11.8. The Morgan fingerprint density at radius 2 is 1.69 bits per heavy atom. The predicted octanol–water partition coefficient (Wildman–Crippen LogP) is 4.80. The topological polar surface area (TPSA) is 9.23 Å². The van der Waals surface area contributed by atoms with Crippen molar-refractivity contribution in [2.45, 2.75) is 78.2 Å². The van der Waals surface area contributed by atoms with E-state index >= 15 is 0 Å². The van der Waals surface area contributed by atoms with Crippen molar-refractivity contribution in [1.82, 2.24) is 0 Å². The molecule has 0 bridgehead atoms. The van der Waals surface area contributed by atoms with Crippen LogP contribution in [0.4, 0.5) is 0 Å². The third-order valence-electron chi connectivity index (χ3n) is 4.06. The third kappa shape index (κ3) is 4.86. The molecule has 1 aliphatic carbocycles. The fourth-order valence-corrected chi connectivity index (χ4v) is 2.86. The van der Waals surface area contributed by atoms with Crippen LogP contribution in [-0.2, 0) is 4.74 Å². The van der Waals surface area contributed by atoms with Gasteiger partial charge in [-0.1, -0.05) is 52.9 Å². The van der Waals surface area contributed by atoms with Gasteiger partial charge in [-0.2, -0.15) is 0 Å². The summed E-state index contributed by atoms with van der Waals surface area (Å²) in [6.07, 6.45) is 11.2. The highest BCUT2D eigenvalue weighted by Gasteiger charge is 2.22. The molecule has 2 atom stereocenters. The van der Waals surface area contributed by atoms with E-state index in [0.717, 1.165) is 18.4 Å². The van der Waals surface area contributed by atoms with Crippen LogP contribution in [0.5, 0.6) is 0 Å². The zero-order valence-electron chi connectivity index (χ0n) is 11.5. The second kappa shape index (κ2) is 8.11. The summed E-state index contributed by atoms with van der Waals surface area (Å²) in [6.45, 7) is 7.94. The van der Waals surface area contributed by atoms with Gasteiger partial charge in [0.1, 0.15) is 0 Å². The van der Waals surface area contributed by atoms with Crippen molar-refractivity contribution in [3.8, 4) is 0 Å². The summed E-state index contributed by atoms with van der Waals surface area (Å²) in [5.41, 5.74) is 0. The van der Waals surface area contributed by atoms with Gasteiger partial charge in [-0.15, -0.1) is 0 Å². The van der Waals surface area contributed by atoms with Crippen molar-refractivity contribution in [2.24, 2.45) is 11.8 Å². The molecule has 0 aromatic carbocycles. The van der Waals surface area contributed by atoms with Crippen LogP contribution in [0.25, 0.3) is 0 Å². The van der Waals surface area contributed by atoms with Crippen LogP contribution in [0.3, 0.4) is 0 Å². The maximum absolute atomic E-state index is 6.13. The van der Waals surface area contributed by atoms with Crippen molar-refractivity contribution in [2.75, 3.05) is 6.61 Å². The van der Waals surface area contributed by atoms with Gasteiger partial charge in [0.05, 0.1) is 12.7 Å². The fourth-order valence-electron chi connectivity index (χ4n) is 2.86. The highest BCUT2D eigenvalue weighted by atomic mass is 16.5. The monoisotopic (exact) mass is 226 g/mol. The van der Waals surface area contributed by atoms with Crippen LogP contribution in [0.15, 0.2) is 0 Å². The van der Waals surface area contributed by atoms with Gasteiger partial charge in [0.15, 0.2) is 0 Å². The Kier molecular flexibility index (Phi) is 7.11. The van der Waals surface area contributed by atoms with Gasteiger partial charge in [-0.3, -0.25) is 0 Å². The summed E-state index contributed by atoms with van der Waals surface area (Å²) in [7, 11) is 0. The minimum absolute atomic E-state index is 0.532. The average molecular weight is 226 g/mol. The Bertz CT molecular complexity index is 161. The molecule has 1 saturated carbocycles. The van der Waals surface area contributed by atoms with Crippen molar-refractivity contribution in [3.05, 3.63) is 0 Å². The average Bonchev–Trinajstić information content (AvgIpc) is 2.28. The Hall–Kier alpha value is -0.0400. The molecule has 0 radical (unpaired) electrons. The third-order valence-corrected chi connectivity index (χ3v) is 4.06. The lowest BCUT2D eigenvalue weighted by molar-refractivity contribution is -0.00128. The molecule has 0 N–H and O–H groups in total. The molecule has 0 spiro atoms. The molecular weight excluding hydrogens is 196 g/mol. The first-order valence-corrected chi connectivity index (χ1v) is 7.39. The lowest BCUT2D eigenvalue weighted by Gasteiger charge is -2.30. The molecule has 1 aliphatic rings. The summed E-state index contributed by atoms with van der Waals surface area (Å²) in [5.74, 6) is 1.72. The van der Waals surface area contributed by atoms with Gasteiger partial charge in [-0.25, -0.2) is 0 Å². The van der Waals surface area contributed by atoms with Crippen LogP contribution in [0, 0.1) is 11.8 Å². The quantitative estimate of drug-likeness (QED) is 0.606. The molecule has 0 aliphatic heterocycles. The molecule has 1 rings (SSSR count). The first-order chi connectivity index (χ1) is 7.77. The van der Waals surface area contributed by atoms with Gasteiger partial charge >= 0.3 is 0 Å². The van der Waals surface area contributed by atoms with Gasteiger partial charge in [0.2, 0.25) is 0 Å². The van der Waals surface area contributed by atoms with Gasteiger partial charge in [0.25, 0.3) is 0 Å². The molecule has 0 heterocycles. The molecule has 0 unspecified atom stereocenters. The fraction of sp³-hybridized carbons (Fsp3) is 1.00. The standard InChI is InChI=1S/C15H30O/c1-4-8-15(9-5-2)16-12-14-11-7-6-10-13(14)3/h13-15H,4-12H2,1-3H3/t13-,14-/m1/s1. The maximum Gasteiger partial charge on any atom is 0.0575 e. The highest BCUT2D eigenvalue weighted by molar-refractivity contribution is 4.72. The SMILES string of the molecule is CCCC(CCC)OC[C@H]1CCCC[C@H]1C. The summed E-state index contributed by atoms with van der Waals surface area (Å²) in [6, 6.07) is 0. The van der Waals surface area contributed by atoms with E-state index in [4.69, 9.17) is 4.74 Å². The van der Waals surface area contributed by atoms with E-state index in [-0.39, 0.29) is 0 Å². The van der Waals surface area contributed by atoms with Crippen LogP contribution in [-0.4, -0.2) is 12.7 Å². The first kappa shape index (κ1) is 14.0. The van der Waals surface area contributed by atoms with E-state index in [9.17, 15) is 0 Å². The summed E-state index contributed by atoms with van der Waals surface area (Å²) < 4.78 is 6.13. The second-order valence-electron chi connectivity index (χ2n) is 5.55. The minimum atomic E-state index is 0.532. The molecule has 0 saturated heterocycles. The molecule has 0 aromatic rings. The first-order valence-electron chi connectivity index (χ1n) is 7.39.